The number of benzene rings is 2. The Balaban J connectivity index is 2.37. The van der Waals surface area contributed by atoms with Gasteiger partial charge in [0.15, 0.2) is 11.9 Å². The van der Waals surface area contributed by atoms with Gasteiger partial charge in [0.1, 0.15) is 12.4 Å². The Bertz CT molecular complexity index is 1420. The first-order valence-corrected chi connectivity index (χ1v) is 13.3. The van der Waals surface area contributed by atoms with Crippen molar-refractivity contribution in [3.63, 3.8) is 0 Å². The van der Waals surface area contributed by atoms with E-state index in [2.05, 4.69) is 4.74 Å². The molecule has 49 heavy (non-hydrogen) atoms. The van der Waals surface area contributed by atoms with Gasteiger partial charge in [-0.25, -0.2) is 9.59 Å². The van der Waals surface area contributed by atoms with Gasteiger partial charge in [-0.1, -0.05) is 24.3 Å². The van der Waals surface area contributed by atoms with Crippen molar-refractivity contribution in [2.75, 3.05) is 31.6 Å². The van der Waals surface area contributed by atoms with E-state index in [4.69, 9.17) is 14.6 Å². The second-order valence-corrected chi connectivity index (χ2v) is 9.80. The lowest BCUT2D eigenvalue weighted by atomic mass is 9.97. The molecule has 22 heteroatoms. The molecule has 0 radical (unpaired) electrons. The molecule has 2 rings (SSSR count). The van der Waals surface area contributed by atoms with E-state index in [1.54, 1.807) is 5.32 Å². The molecule has 0 aliphatic rings. The number of anilines is 1. The Morgan fingerprint density at radius 3 is 1.90 bits per heavy atom. The second kappa shape index (κ2) is 15.1. The summed E-state index contributed by atoms with van der Waals surface area (Å²) < 4.78 is 202. The number of carboxylic acid groups (broad SMARTS) is 1. The third-order valence-electron chi connectivity index (χ3n) is 6.25. The maximum Gasteiger partial charge on any atom is 0.573 e. The highest BCUT2D eigenvalue weighted by molar-refractivity contribution is 5.91. The number of rotatable bonds is 16. The van der Waals surface area contributed by atoms with Crippen molar-refractivity contribution in [2.45, 2.75) is 55.7 Å². The van der Waals surface area contributed by atoms with Crippen molar-refractivity contribution < 1.29 is 90.4 Å². The lowest BCUT2D eigenvalue weighted by Gasteiger charge is -2.38. The van der Waals surface area contributed by atoms with Crippen molar-refractivity contribution in [2.24, 2.45) is 0 Å². The number of carboxylic acids is 1. The normalized spacial score (nSPS) is 13.9. The summed E-state index contributed by atoms with van der Waals surface area (Å²) in [5.41, 5.74) is -0.588. The molecule has 0 fully saturated rings. The minimum atomic E-state index is -7.78. The van der Waals surface area contributed by atoms with Crippen LogP contribution in [0.15, 0.2) is 48.5 Å². The predicted octanol–water partition coefficient (Wildman–Crippen LogP) is 7.63. The molecule has 2 amide bonds. The van der Waals surface area contributed by atoms with Gasteiger partial charge in [0, 0.05) is 13.0 Å². The summed E-state index contributed by atoms with van der Waals surface area (Å²) in [5.74, 6) is -32.2. The van der Waals surface area contributed by atoms with Crippen LogP contribution in [0.2, 0.25) is 0 Å². The van der Waals surface area contributed by atoms with Crippen LogP contribution in [0.5, 0.6) is 11.5 Å². The van der Waals surface area contributed by atoms with Gasteiger partial charge in [-0.2, -0.15) is 48.3 Å². The van der Waals surface area contributed by atoms with Crippen molar-refractivity contribution in [3.8, 4) is 11.5 Å². The van der Waals surface area contributed by atoms with Gasteiger partial charge in [-0.15, -0.1) is 13.2 Å². The standard InChI is InChI=1S/C27H24F14N2O6/c1-2-47-19(20(44)45)13-15-7-9-16(10-8-15)48-12-11-43(21(46)42-17-5-3-4-6-18(17)49-27(39,40)41)14-22(28,29)23(30,31)24(32,33)25(34,35)26(36,37)38/h3-10,19H,2,11-14H2,1H3,(H,42,46)(H,44,45). The second-order valence-electron chi connectivity index (χ2n) is 9.80. The summed E-state index contributed by atoms with van der Waals surface area (Å²) in [6, 6.07) is 6.03. The number of nitrogens with one attached hydrogen (secondary N) is 1. The Labute approximate surface area is 266 Å². The minimum Gasteiger partial charge on any atom is -0.492 e. The van der Waals surface area contributed by atoms with E-state index in [0.717, 1.165) is 24.3 Å². The summed E-state index contributed by atoms with van der Waals surface area (Å²) in [6.45, 7) is -3.74. The van der Waals surface area contributed by atoms with Gasteiger partial charge < -0.3 is 29.5 Å². The van der Waals surface area contributed by atoms with Gasteiger partial charge in [0.2, 0.25) is 0 Å². The zero-order valence-electron chi connectivity index (χ0n) is 24.5. The number of carbonyl (C=O) groups is 2. The maximum absolute atomic E-state index is 14.7. The summed E-state index contributed by atoms with van der Waals surface area (Å²) in [5, 5.41) is 10.7. The number of urea groups is 1. The molecule has 0 heterocycles. The maximum atomic E-state index is 14.7. The van der Waals surface area contributed by atoms with Crippen molar-refractivity contribution >= 4 is 17.7 Å². The first-order chi connectivity index (χ1) is 22.3. The molecular weight excluding hydrogens is 714 g/mol. The van der Waals surface area contributed by atoms with Crippen LogP contribution in [0.25, 0.3) is 0 Å². The summed E-state index contributed by atoms with van der Waals surface area (Å²) in [4.78, 5) is 23.5. The Morgan fingerprint density at radius 1 is 0.816 bits per heavy atom. The number of ether oxygens (including phenoxy) is 3. The molecule has 0 spiro atoms. The van der Waals surface area contributed by atoms with Crippen molar-refractivity contribution in [1.29, 1.82) is 0 Å². The molecule has 0 aromatic heterocycles. The molecular formula is C27H24F14N2O6. The lowest BCUT2D eigenvalue weighted by Crippen LogP contribution is -2.68. The molecule has 1 unspecified atom stereocenters. The van der Waals surface area contributed by atoms with Crippen LogP contribution in [-0.4, -0.2) is 90.6 Å². The average Bonchev–Trinajstić information content (AvgIpc) is 2.96. The quantitative estimate of drug-likeness (QED) is 0.172. The fourth-order valence-corrected chi connectivity index (χ4v) is 3.80. The van der Waals surface area contributed by atoms with Gasteiger partial charge in [-0.05, 0) is 36.8 Å². The van der Waals surface area contributed by atoms with Gasteiger partial charge in [0.25, 0.3) is 0 Å². The van der Waals surface area contributed by atoms with Crippen LogP contribution in [0, 0.1) is 0 Å². The van der Waals surface area contributed by atoms with Crippen LogP contribution in [0.4, 0.5) is 71.9 Å². The van der Waals surface area contributed by atoms with Gasteiger partial charge in [-0.3, -0.25) is 0 Å². The lowest BCUT2D eigenvalue weighted by molar-refractivity contribution is -0.422. The van der Waals surface area contributed by atoms with Crippen molar-refractivity contribution in [1.82, 2.24) is 4.90 Å². The molecule has 0 aliphatic heterocycles. The highest BCUT2D eigenvalue weighted by Crippen LogP contribution is 2.57. The monoisotopic (exact) mass is 738 g/mol. The number of hydrogen-bond donors (Lipinski definition) is 2. The zero-order valence-corrected chi connectivity index (χ0v) is 24.5. The van der Waals surface area contributed by atoms with Crippen LogP contribution in [0.1, 0.15) is 12.5 Å². The molecule has 0 bridgehead atoms. The van der Waals surface area contributed by atoms with Gasteiger partial charge in [0.05, 0.1) is 18.8 Å². The summed E-state index contributed by atoms with van der Waals surface area (Å²) >= 11 is 0. The molecule has 0 saturated carbocycles. The molecule has 2 N–H and O–H groups in total. The highest BCUT2D eigenvalue weighted by Gasteiger charge is 2.87. The summed E-state index contributed by atoms with van der Waals surface area (Å²) in [7, 11) is 0. The first kappa shape index (κ1) is 40.9. The Morgan fingerprint density at radius 2 is 1.39 bits per heavy atom. The third kappa shape index (κ3) is 9.91. The topological polar surface area (TPSA) is 97.3 Å². The van der Waals surface area contributed by atoms with E-state index < -0.39 is 90.4 Å². The number of hydrogen-bond acceptors (Lipinski definition) is 5. The minimum absolute atomic E-state index is 0.0521. The van der Waals surface area contributed by atoms with E-state index in [9.17, 15) is 71.1 Å². The fraction of sp³-hybridized carbons (Fsp3) is 0.481. The summed E-state index contributed by atoms with van der Waals surface area (Å²) in [6.07, 6.45) is -14.2. The first-order valence-electron chi connectivity index (χ1n) is 13.3. The van der Waals surface area contributed by atoms with Crippen molar-refractivity contribution in [3.05, 3.63) is 54.1 Å². The van der Waals surface area contributed by atoms with Crippen LogP contribution in [-0.2, 0) is 16.0 Å². The third-order valence-corrected chi connectivity index (χ3v) is 6.25. The number of aliphatic carboxylic acids is 1. The van der Waals surface area contributed by atoms with E-state index in [1.807, 2.05) is 0 Å². The highest BCUT2D eigenvalue weighted by atomic mass is 19.4. The van der Waals surface area contributed by atoms with E-state index >= 15 is 0 Å². The molecule has 2 aromatic rings. The number of nitrogens with zero attached hydrogens (tertiary/aromatic N) is 1. The fourth-order valence-electron chi connectivity index (χ4n) is 3.80. The predicted molar refractivity (Wildman–Crippen MR) is 138 cm³/mol. The average molecular weight is 738 g/mol. The van der Waals surface area contributed by atoms with Crippen LogP contribution in [0.3, 0.4) is 0 Å². The SMILES string of the molecule is CCOC(Cc1ccc(OCCN(CC(F)(F)C(F)(F)C(F)(F)C(F)(F)C(F)(F)F)C(=O)Nc2ccccc2OC(F)(F)F)cc1)C(=O)O. The number of para-hydroxylation sites is 2. The Hall–Kier alpha value is -4.24. The largest absolute Gasteiger partial charge is 0.573 e. The smallest absolute Gasteiger partial charge is 0.492 e. The molecule has 0 aliphatic carbocycles. The van der Waals surface area contributed by atoms with E-state index in [-0.39, 0.29) is 18.8 Å². The van der Waals surface area contributed by atoms with E-state index in [0.29, 0.717) is 17.7 Å². The molecule has 1 atom stereocenters. The van der Waals surface area contributed by atoms with Crippen LogP contribution < -0.4 is 14.8 Å². The molecule has 0 saturated heterocycles. The molecule has 8 nitrogen and oxygen atoms in total. The van der Waals surface area contributed by atoms with Gasteiger partial charge >= 0.3 is 48.2 Å². The zero-order chi connectivity index (χ0) is 37.6. The van der Waals surface area contributed by atoms with Crippen LogP contribution >= 0.6 is 0 Å². The number of carbonyl (C=O) groups excluding carboxylic acids is 1. The molecule has 276 valence electrons. The Kier molecular flexibility index (Phi) is 12.6. The number of amides is 2. The number of halogens is 14. The number of alkyl halides is 14. The van der Waals surface area contributed by atoms with E-state index in [1.165, 1.54) is 19.1 Å². The molecule has 2 aromatic carbocycles.